The Morgan fingerprint density at radius 2 is 1.73 bits per heavy atom. The predicted molar refractivity (Wildman–Crippen MR) is 127 cm³/mol. The van der Waals surface area contributed by atoms with Crippen molar-refractivity contribution in [2.45, 2.75) is 6.54 Å². The number of piperazine rings is 1. The van der Waals surface area contributed by atoms with Crippen molar-refractivity contribution < 1.29 is 19.1 Å². The highest BCUT2D eigenvalue weighted by molar-refractivity contribution is 6.34. The fraction of sp³-hybridized carbons (Fsp3) is 0.200. The van der Waals surface area contributed by atoms with E-state index in [1.54, 1.807) is 42.5 Å². The van der Waals surface area contributed by atoms with Crippen LogP contribution in [0.1, 0.15) is 26.3 Å². The van der Waals surface area contributed by atoms with Gasteiger partial charge in [0.2, 0.25) is 0 Å². The number of carbonyl (C=O) groups is 2. The average Bonchev–Trinajstić information content (AvgIpc) is 2.80. The fourth-order valence-corrected chi connectivity index (χ4v) is 4.14. The van der Waals surface area contributed by atoms with Crippen LogP contribution in [0.5, 0.6) is 0 Å². The molecule has 3 aromatic rings. The molecule has 0 saturated carbocycles. The Morgan fingerprint density at radius 1 is 0.970 bits per heavy atom. The number of carboxylic acids is 1. The molecule has 4 rings (SSSR count). The minimum absolute atomic E-state index is 0.0814. The van der Waals surface area contributed by atoms with Crippen molar-refractivity contribution >= 4 is 34.9 Å². The van der Waals surface area contributed by atoms with Crippen molar-refractivity contribution in [2.24, 2.45) is 0 Å². The Morgan fingerprint density at radius 3 is 2.42 bits per heavy atom. The van der Waals surface area contributed by atoms with E-state index in [1.807, 2.05) is 6.07 Å². The molecule has 0 aliphatic carbocycles. The van der Waals surface area contributed by atoms with Crippen molar-refractivity contribution in [3.63, 3.8) is 0 Å². The lowest BCUT2D eigenvalue weighted by molar-refractivity contribution is 0.0696. The molecule has 3 aromatic carbocycles. The van der Waals surface area contributed by atoms with Crippen LogP contribution in [0, 0.1) is 5.82 Å². The molecule has 170 valence electrons. The first-order chi connectivity index (χ1) is 15.9. The number of hydrogen-bond acceptors (Lipinski definition) is 4. The van der Waals surface area contributed by atoms with Gasteiger partial charge in [0.05, 0.1) is 27.5 Å². The summed E-state index contributed by atoms with van der Waals surface area (Å²) in [5.41, 5.74) is 2.47. The molecular weight excluding hydrogens is 445 g/mol. The lowest BCUT2D eigenvalue weighted by Gasteiger charge is -2.37. The van der Waals surface area contributed by atoms with E-state index in [9.17, 15) is 19.1 Å². The largest absolute Gasteiger partial charge is 0.478 e. The van der Waals surface area contributed by atoms with Gasteiger partial charge in [0.15, 0.2) is 0 Å². The van der Waals surface area contributed by atoms with Crippen molar-refractivity contribution in [2.75, 3.05) is 36.4 Å². The molecule has 2 N–H and O–H groups in total. The zero-order chi connectivity index (χ0) is 23.4. The van der Waals surface area contributed by atoms with Gasteiger partial charge in [-0.1, -0.05) is 35.9 Å². The van der Waals surface area contributed by atoms with Gasteiger partial charge in [-0.2, -0.15) is 0 Å². The summed E-state index contributed by atoms with van der Waals surface area (Å²) in [4.78, 5) is 28.7. The van der Waals surface area contributed by atoms with Crippen LogP contribution >= 0.6 is 11.6 Å². The zero-order valence-corrected chi connectivity index (χ0v) is 18.6. The molecule has 0 bridgehead atoms. The molecule has 1 fully saturated rings. The van der Waals surface area contributed by atoms with Gasteiger partial charge in [-0.25, -0.2) is 9.18 Å². The number of carboxylic acid groups (broad SMARTS) is 1. The maximum absolute atomic E-state index is 13.5. The Kier molecular flexibility index (Phi) is 6.91. The Labute approximate surface area is 196 Å². The highest BCUT2D eigenvalue weighted by Crippen LogP contribution is 2.30. The number of hydrogen-bond donors (Lipinski definition) is 2. The van der Waals surface area contributed by atoms with Crippen LogP contribution in [0.15, 0.2) is 66.7 Å². The van der Waals surface area contributed by atoms with Crippen molar-refractivity contribution in [1.82, 2.24) is 4.90 Å². The quantitative estimate of drug-likeness (QED) is 0.547. The van der Waals surface area contributed by atoms with E-state index in [0.29, 0.717) is 35.9 Å². The van der Waals surface area contributed by atoms with E-state index in [1.165, 1.54) is 18.2 Å². The van der Waals surface area contributed by atoms with Crippen LogP contribution < -0.4 is 10.2 Å². The minimum Gasteiger partial charge on any atom is -0.478 e. The summed E-state index contributed by atoms with van der Waals surface area (Å²) in [5.74, 6) is -1.73. The molecule has 6 nitrogen and oxygen atoms in total. The maximum atomic E-state index is 13.5. The van der Waals surface area contributed by atoms with Crippen LogP contribution in [0.25, 0.3) is 0 Å². The predicted octanol–water partition coefficient (Wildman–Crippen LogP) is 4.75. The summed E-state index contributed by atoms with van der Waals surface area (Å²) >= 11 is 6.15. The number of carbonyl (C=O) groups excluding carboxylic acids is 1. The van der Waals surface area contributed by atoms with E-state index in [0.717, 1.165) is 24.3 Å². The summed E-state index contributed by atoms with van der Waals surface area (Å²) in [6, 6.07) is 18.0. The molecular formula is C25H23ClFN3O3. The van der Waals surface area contributed by atoms with Gasteiger partial charge < -0.3 is 15.3 Å². The van der Waals surface area contributed by atoms with Crippen LogP contribution in [-0.4, -0.2) is 48.1 Å². The van der Waals surface area contributed by atoms with Gasteiger partial charge in [0.1, 0.15) is 5.82 Å². The average molecular weight is 468 g/mol. The van der Waals surface area contributed by atoms with Gasteiger partial charge in [0.25, 0.3) is 5.91 Å². The van der Waals surface area contributed by atoms with Crippen LogP contribution in [-0.2, 0) is 6.54 Å². The second kappa shape index (κ2) is 10.0. The van der Waals surface area contributed by atoms with E-state index in [4.69, 9.17) is 11.6 Å². The van der Waals surface area contributed by atoms with Gasteiger partial charge in [-0.05, 0) is 48.0 Å². The summed E-state index contributed by atoms with van der Waals surface area (Å²) < 4.78 is 13.5. The molecule has 0 aromatic heterocycles. The molecule has 0 radical (unpaired) electrons. The third-order valence-corrected chi connectivity index (χ3v) is 5.95. The molecule has 1 heterocycles. The molecule has 1 aliphatic rings. The SMILES string of the molecule is O=C(O)c1ccc(N2CCN(Cc3cccc(F)c3)CC2)c(NC(=O)c2ccccc2Cl)c1. The van der Waals surface area contributed by atoms with Crippen LogP contribution in [0.3, 0.4) is 0 Å². The van der Waals surface area contributed by atoms with Crippen molar-refractivity contribution in [3.8, 4) is 0 Å². The summed E-state index contributed by atoms with van der Waals surface area (Å²) in [5, 5.41) is 12.6. The van der Waals surface area contributed by atoms with Crippen LogP contribution in [0.4, 0.5) is 15.8 Å². The van der Waals surface area contributed by atoms with E-state index in [-0.39, 0.29) is 11.4 Å². The number of nitrogens with one attached hydrogen (secondary N) is 1. The molecule has 0 unspecified atom stereocenters. The Balaban J connectivity index is 1.51. The fourth-order valence-electron chi connectivity index (χ4n) is 3.92. The number of amides is 1. The Hall–Kier alpha value is -3.42. The van der Waals surface area contributed by atoms with Gasteiger partial charge in [0, 0.05) is 32.7 Å². The lowest BCUT2D eigenvalue weighted by atomic mass is 10.1. The number of benzene rings is 3. The van der Waals surface area contributed by atoms with Crippen molar-refractivity contribution in [3.05, 3.63) is 94.3 Å². The first kappa shape index (κ1) is 22.8. The molecule has 1 amide bonds. The number of rotatable bonds is 6. The smallest absolute Gasteiger partial charge is 0.335 e. The Bertz CT molecular complexity index is 1180. The molecule has 0 atom stereocenters. The molecule has 33 heavy (non-hydrogen) atoms. The number of anilines is 2. The summed E-state index contributed by atoms with van der Waals surface area (Å²) in [7, 11) is 0. The molecule has 0 spiro atoms. The monoisotopic (exact) mass is 467 g/mol. The first-order valence-corrected chi connectivity index (χ1v) is 10.9. The van der Waals surface area contributed by atoms with Gasteiger partial charge in [-0.3, -0.25) is 9.69 Å². The first-order valence-electron chi connectivity index (χ1n) is 10.6. The zero-order valence-electron chi connectivity index (χ0n) is 17.8. The third-order valence-electron chi connectivity index (χ3n) is 5.62. The standard InChI is InChI=1S/C25H23ClFN3O3/c26-21-7-2-1-6-20(21)24(31)28-22-15-18(25(32)33)8-9-23(22)30-12-10-29(11-13-30)16-17-4-3-5-19(27)14-17/h1-9,14-15H,10-13,16H2,(H,28,31)(H,32,33). The van der Waals surface area contributed by atoms with E-state index < -0.39 is 11.9 Å². The van der Waals surface area contributed by atoms with Crippen molar-refractivity contribution in [1.29, 1.82) is 0 Å². The van der Waals surface area contributed by atoms with Gasteiger partial charge >= 0.3 is 5.97 Å². The van der Waals surface area contributed by atoms with Crippen LogP contribution in [0.2, 0.25) is 5.02 Å². The lowest BCUT2D eigenvalue weighted by Crippen LogP contribution is -2.46. The van der Waals surface area contributed by atoms with E-state index >= 15 is 0 Å². The minimum atomic E-state index is -1.07. The number of halogens is 2. The second-order valence-electron chi connectivity index (χ2n) is 7.86. The van der Waals surface area contributed by atoms with E-state index in [2.05, 4.69) is 15.1 Å². The topological polar surface area (TPSA) is 72.9 Å². The molecule has 1 aliphatic heterocycles. The number of aromatic carboxylic acids is 1. The summed E-state index contributed by atoms with van der Waals surface area (Å²) in [6.07, 6.45) is 0. The maximum Gasteiger partial charge on any atom is 0.335 e. The third kappa shape index (κ3) is 5.50. The highest BCUT2D eigenvalue weighted by atomic mass is 35.5. The van der Waals surface area contributed by atoms with Gasteiger partial charge in [-0.15, -0.1) is 0 Å². The molecule has 1 saturated heterocycles. The highest BCUT2D eigenvalue weighted by Gasteiger charge is 2.22. The summed E-state index contributed by atoms with van der Waals surface area (Å²) in [6.45, 7) is 3.50. The molecule has 8 heteroatoms. The normalized spacial score (nSPS) is 14.2. The second-order valence-corrected chi connectivity index (χ2v) is 8.27. The number of nitrogens with zero attached hydrogens (tertiary/aromatic N) is 2.